The van der Waals surface area contributed by atoms with Gasteiger partial charge < -0.3 is 15.4 Å². The van der Waals surface area contributed by atoms with E-state index in [4.69, 9.17) is 4.74 Å². The van der Waals surface area contributed by atoms with E-state index in [-0.39, 0.29) is 5.91 Å². The fraction of sp³-hybridized carbons (Fsp3) is 0.909. The van der Waals surface area contributed by atoms with Crippen LogP contribution >= 0.6 is 0 Å². The van der Waals surface area contributed by atoms with Crippen molar-refractivity contribution in [1.29, 1.82) is 0 Å². The van der Waals surface area contributed by atoms with Gasteiger partial charge in [0, 0.05) is 19.2 Å². The minimum atomic E-state index is 0.110. The highest BCUT2D eigenvalue weighted by molar-refractivity contribution is 5.78. The van der Waals surface area contributed by atoms with Crippen molar-refractivity contribution in [1.82, 2.24) is 10.6 Å². The molecule has 1 amide bonds. The molecule has 1 fully saturated rings. The largest absolute Gasteiger partial charge is 0.380 e. The Bertz CT molecular complexity index is 179. The first-order valence-electron chi connectivity index (χ1n) is 5.90. The fourth-order valence-corrected chi connectivity index (χ4v) is 1.84. The van der Waals surface area contributed by atoms with Crippen molar-refractivity contribution < 1.29 is 9.53 Å². The Morgan fingerprint density at radius 2 is 2.13 bits per heavy atom. The lowest BCUT2D eigenvalue weighted by atomic mass is 10.2. The lowest BCUT2D eigenvalue weighted by Gasteiger charge is -2.12. The molecule has 1 aliphatic carbocycles. The third kappa shape index (κ3) is 5.74. The molecule has 4 nitrogen and oxygen atoms in total. The van der Waals surface area contributed by atoms with Crippen molar-refractivity contribution in [3.8, 4) is 0 Å². The average Bonchev–Trinajstić information content (AvgIpc) is 2.70. The van der Waals surface area contributed by atoms with E-state index in [2.05, 4.69) is 10.6 Å². The number of carbonyl (C=O) groups excluding carboxylic acids is 1. The van der Waals surface area contributed by atoms with Crippen molar-refractivity contribution in [3.05, 3.63) is 0 Å². The first kappa shape index (κ1) is 12.5. The Morgan fingerprint density at radius 1 is 1.40 bits per heavy atom. The minimum absolute atomic E-state index is 0.110. The Kier molecular flexibility index (Phi) is 6.36. The molecule has 0 aromatic rings. The second kappa shape index (κ2) is 7.65. The van der Waals surface area contributed by atoms with E-state index in [1.54, 1.807) is 0 Å². The van der Waals surface area contributed by atoms with Gasteiger partial charge in [-0.1, -0.05) is 12.8 Å². The molecule has 0 saturated heterocycles. The molecule has 0 heterocycles. The summed E-state index contributed by atoms with van der Waals surface area (Å²) in [6.07, 6.45) is 4.79. The lowest BCUT2D eigenvalue weighted by molar-refractivity contribution is -0.120. The number of hydrogen-bond donors (Lipinski definition) is 2. The quantitative estimate of drug-likeness (QED) is 0.612. The van der Waals surface area contributed by atoms with Gasteiger partial charge in [0.05, 0.1) is 13.2 Å². The van der Waals surface area contributed by atoms with Gasteiger partial charge in [0.25, 0.3) is 0 Å². The van der Waals surface area contributed by atoms with Crippen LogP contribution < -0.4 is 10.6 Å². The van der Waals surface area contributed by atoms with Crippen molar-refractivity contribution in [3.63, 3.8) is 0 Å². The summed E-state index contributed by atoms with van der Waals surface area (Å²) in [5.41, 5.74) is 0. The van der Waals surface area contributed by atoms with E-state index in [1.165, 1.54) is 12.8 Å². The molecule has 0 aromatic heterocycles. The second-order valence-corrected chi connectivity index (χ2v) is 3.92. The van der Waals surface area contributed by atoms with Gasteiger partial charge in [-0.05, 0) is 19.8 Å². The predicted octanol–water partition coefficient (Wildman–Crippen LogP) is 0.671. The van der Waals surface area contributed by atoms with Gasteiger partial charge in [-0.25, -0.2) is 0 Å². The molecular formula is C11H22N2O2. The topological polar surface area (TPSA) is 50.4 Å². The van der Waals surface area contributed by atoms with Crippen LogP contribution in [-0.2, 0) is 9.53 Å². The Morgan fingerprint density at radius 3 is 2.80 bits per heavy atom. The van der Waals surface area contributed by atoms with E-state index < -0.39 is 0 Å². The van der Waals surface area contributed by atoms with Crippen molar-refractivity contribution in [2.24, 2.45) is 0 Å². The van der Waals surface area contributed by atoms with Gasteiger partial charge in [0.15, 0.2) is 0 Å². The molecule has 0 unspecified atom stereocenters. The minimum Gasteiger partial charge on any atom is -0.380 e. The van der Waals surface area contributed by atoms with Crippen LogP contribution in [0.2, 0.25) is 0 Å². The summed E-state index contributed by atoms with van der Waals surface area (Å²) in [5, 5.41) is 6.08. The fourth-order valence-electron chi connectivity index (χ4n) is 1.84. The molecule has 0 aliphatic heterocycles. The third-order valence-corrected chi connectivity index (χ3v) is 2.63. The van der Waals surface area contributed by atoms with Crippen LogP contribution in [-0.4, -0.2) is 38.3 Å². The molecule has 4 heteroatoms. The number of hydrogen-bond acceptors (Lipinski definition) is 3. The van der Waals surface area contributed by atoms with Crippen LogP contribution in [0.25, 0.3) is 0 Å². The predicted molar refractivity (Wildman–Crippen MR) is 59.8 cm³/mol. The SMILES string of the molecule is CCOCCNCC(=O)NC1CCCC1. The van der Waals surface area contributed by atoms with Gasteiger partial charge >= 0.3 is 0 Å². The monoisotopic (exact) mass is 214 g/mol. The molecule has 0 bridgehead atoms. The maximum atomic E-state index is 11.4. The van der Waals surface area contributed by atoms with Crippen LogP contribution in [0.5, 0.6) is 0 Å². The number of amides is 1. The summed E-state index contributed by atoms with van der Waals surface area (Å²) < 4.78 is 5.15. The highest BCUT2D eigenvalue weighted by Gasteiger charge is 2.16. The maximum absolute atomic E-state index is 11.4. The zero-order chi connectivity index (χ0) is 10.9. The molecule has 15 heavy (non-hydrogen) atoms. The molecule has 0 radical (unpaired) electrons. The molecule has 0 atom stereocenters. The molecule has 1 saturated carbocycles. The van der Waals surface area contributed by atoms with Crippen LogP contribution in [0.15, 0.2) is 0 Å². The van der Waals surface area contributed by atoms with Crippen molar-refractivity contribution in [2.75, 3.05) is 26.3 Å². The second-order valence-electron chi connectivity index (χ2n) is 3.92. The number of ether oxygens (including phenoxy) is 1. The number of rotatable bonds is 7. The Balaban J connectivity index is 1.93. The first-order chi connectivity index (χ1) is 7.33. The molecule has 1 aliphatic rings. The normalized spacial score (nSPS) is 16.9. The van der Waals surface area contributed by atoms with Gasteiger partial charge in [0.2, 0.25) is 5.91 Å². The zero-order valence-electron chi connectivity index (χ0n) is 9.55. The zero-order valence-corrected chi connectivity index (χ0v) is 9.55. The highest BCUT2D eigenvalue weighted by Crippen LogP contribution is 2.17. The molecule has 0 spiro atoms. The third-order valence-electron chi connectivity index (χ3n) is 2.63. The smallest absolute Gasteiger partial charge is 0.234 e. The summed E-state index contributed by atoms with van der Waals surface area (Å²) in [6, 6.07) is 0.422. The van der Waals surface area contributed by atoms with E-state index in [1.807, 2.05) is 6.92 Å². The van der Waals surface area contributed by atoms with E-state index in [9.17, 15) is 4.79 Å². The van der Waals surface area contributed by atoms with Crippen molar-refractivity contribution in [2.45, 2.75) is 38.6 Å². The number of nitrogens with one attached hydrogen (secondary N) is 2. The summed E-state index contributed by atoms with van der Waals surface area (Å²) >= 11 is 0. The lowest BCUT2D eigenvalue weighted by Crippen LogP contribution is -2.39. The van der Waals surface area contributed by atoms with E-state index in [0.29, 0.717) is 19.2 Å². The summed E-state index contributed by atoms with van der Waals surface area (Å²) in [6.45, 7) is 4.52. The molecule has 88 valence electrons. The molecular weight excluding hydrogens is 192 g/mol. The van der Waals surface area contributed by atoms with E-state index >= 15 is 0 Å². The van der Waals surface area contributed by atoms with Crippen LogP contribution in [0.3, 0.4) is 0 Å². The van der Waals surface area contributed by atoms with Crippen LogP contribution in [0.4, 0.5) is 0 Å². The summed E-state index contributed by atoms with van der Waals surface area (Å²) in [7, 11) is 0. The molecule has 2 N–H and O–H groups in total. The number of carbonyl (C=O) groups is 1. The molecule has 0 aromatic carbocycles. The van der Waals surface area contributed by atoms with Gasteiger partial charge in [-0.2, -0.15) is 0 Å². The molecule has 1 rings (SSSR count). The van der Waals surface area contributed by atoms with Crippen molar-refractivity contribution >= 4 is 5.91 Å². The average molecular weight is 214 g/mol. The highest BCUT2D eigenvalue weighted by atomic mass is 16.5. The van der Waals surface area contributed by atoms with Gasteiger partial charge in [-0.15, -0.1) is 0 Å². The van der Waals surface area contributed by atoms with Crippen LogP contribution in [0.1, 0.15) is 32.6 Å². The van der Waals surface area contributed by atoms with Crippen LogP contribution in [0, 0.1) is 0 Å². The van der Waals surface area contributed by atoms with E-state index in [0.717, 1.165) is 26.0 Å². The Hall–Kier alpha value is -0.610. The first-order valence-corrected chi connectivity index (χ1v) is 5.90. The maximum Gasteiger partial charge on any atom is 0.234 e. The van der Waals surface area contributed by atoms with Gasteiger partial charge in [0.1, 0.15) is 0 Å². The Labute approximate surface area is 91.8 Å². The summed E-state index contributed by atoms with van der Waals surface area (Å²) in [4.78, 5) is 11.4. The van der Waals surface area contributed by atoms with Gasteiger partial charge in [-0.3, -0.25) is 4.79 Å². The summed E-state index contributed by atoms with van der Waals surface area (Å²) in [5.74, 6) is 0.110. The standard InChI is InChI=1S/C11H22N2O2/c1-2-15-8-7-12-9-11(14)13-10-5-3-4-6-10/h10,12H,2-9H2,1H3,(H,13,14).